The van der Waals surface area contributed by atoms with E-state index in [2.05, 4.69) is 9.80 Å². The third-order valence-corrected chi connectivity index (χ3v) is 6.25. The van der Waals surface area contributed by atoms with Crippen LogP contribution in [0.2, 0.25) is 0 Å². The number of nitrogens with zero attached hydrogens (tertiary/aromatic N) is 4. The Morgan fingerprint density at radius 2 is 2.00 bits per heavy atom. The highest BCUT2D eigenvalue weighted by molar-refractivity contribution is 5.76. The first kappa shape index (κ1) is 24.1. The first-order valence-corrected chi connectivity index (χ1v) is 11.8. The molecule has 1 amide bonds. The summed E-state index contributed by atoms with van der Waals surface area (Å²) in [6.45, 7) is 7.27. The molecule has 2 aliphatic rings. The number of likely N-dealkylation sites (N-methyl/N-ethyl adjacent to an activating group) is 1. The summed E-state index contributed by atoms with van der Waals surface area (Å²) in [5, 5.41) is 1.95. The maximum Gasteiger partial charge on any atom is 0.224 e. The van der Waals surface area contributed by atoms with Gasteiger partial charge in [-0.05, 0) is 58.3 Å². The molecule has 31 heavy (non-hydrogen) atoms. The summed E-state index contributed by atoms with van der Waals surface area (Å²) in [4.78, 5) is 25.2. The Morgan fingerprint density at radius 3 is 2.74 bits per heavy atom. The van der Waals surface area contributed by atoms with E-state index in [1.54, 1.807) is 6.07 Å². The summed E-state index contributed by atoms with van der Waals surface area (Å²) in [5.41, 5.74) is 0.755. The van der Waals surface area contributed by atoms with Gasteiger partial charge in [0.05, 0.1) is 6.61 Å². The van der Waals surface area contributed by atoms with Crippen molar-refractivity contribution in [3.8, 4) is 0 Å². The van der Waals surface area contributed by atoms with Crippen molar-refractivity contribution in [1.29, 1.82) is 0 Å². The first-order chi connectivity index (χ1) is 15.0. The molecule has 2 saturated heterocycles. The van der Waals surface area contributed by atoms with E-state index in [4.69, 9.17) is 4.84 Å². The molecule has 0 radical (unpaired) electrons. The van der Waals surface area contributed by atoms with E-state index in [1.165, 1.54) is 6.07 Å². The lowest BCUT2D eigenvalue weighted by atomic mass is 9.96. The number of hydrogen-bond acceptors (Lipinski definition) is 5. The zero-order valence-corrected chi connectivity index (χ0v) is 19.3. The van der Waals surface area contributed by atoms with Gasteiger partial charge in [-0.3, -0.25) is 14.5 Å². The van der Waals surface area contributed by atoms with Crippen molar-refractivity contribution in [1.82, 2.24) is 19.8 Å². The molecule has 1 atom stereocenters. The summed E-state index contributed by atoms with van der Waals surface area (Å²) in [6, 6.07) is 7.04. The van der Waals surface area contributed by atoms with Crippen molar-refractivity contribution in [3.05, 3.63) is 35.6 Å². The largest absolute Gasteiger partial charge is 0.341 e. The Morgan fingerprint density at radius 1 is 1.16 bits per heavy atom. The first-order valence-electron chi connectivity index (χ1n) is 11.8. The van der Waals surface area contributed by atoms with Crippen molar-refractivity contribution in [2.75, 3.05) is 66.5 Å². The smallest absolute Gasteiger partial charge is 0.224 e. The fraction of sp³-hybridized carbons (Fsp3) is 0.708. The molecule has 1 unspecified atom stereocenters. The fourth-order valence-electron chi connectivity index (χ4n) is 4.46. The van der Waals surface area contributed by atoms with Crippen molar-refractivity contribution in [2.45, 2.75) is 38.6 Å². The highest BCUT2D eigenvalue weighted by atomic mass is 19.1. The second kappa shape index (κ2) is 12.5. The van der Waals surface area contributed by atoms with Crippen LogP contribution in [0.3, 0.4) is 0 Å². The predicted molar refractivity (Wildman–Crippen MR) is 121 cm³/mol. The van der Waals surface area contributed by atoms with E-state index in [0.717, 1.165) is 77.1 Å². The molecule has 0 spiro atoms. The van der Waals surface area contributed by atoms with E-state index in [1.807, 2.05) is 36.2 Å². The topological polar surface area (TPSA) is 39.3 Å². The summed E-state index contributed by atoms with van der Waals surface area (Å²) in [7, 11) is 4.09. The molecule has 0 N–H and O–H groups in total. The van der Waals surface area contributed by atoms with Gasteiger partial charge in [0.15, 0.2) is 0 Å². The van der Waals surface area contributed by atoms with Gasteiger partial charge < -0.3 is 9.80 Å². The Bertz CT molecular complexity index is 681. The normalized spacial score (nSPS) is 20.8. The molecule has 1 aromatic carbocycles. The zero-order valence-electron chi connectivity index (χ0n) is 19.3. The number of hydrogen-bond donors (Lipinski definition) is 0. The molecule has 0 aliphatic carbocycles. The van der Waals surface area contributed by atoms with Crippen LogP contribution < -0.4 is 0 Å². The maximum atomic E-state index is 14.1. The molecule has 2 aliphatic heterocycles. The van der Waals surface area contributed by atoms with Gasteiger partial charge in [0.25, 0.3) is 0 Å². The molecule has 3 rings (SSSR count). The number of carbonyl (C=O) groups is 1. The highest BCUT2D eigenvalue weighted by Crippen LogP contribution is 2.21. The average Bonchev–Trinajstić information content (AvgIpc) is 2.77. The monoisotopic (exact) mass is 434 g/mol. The predicted octanol–water partition coefficient (Wildman–Crippen LogP) is 2.85. The Balaban J connectivity index is 1.53. The van der Waals surface area contributed by atoms with Gasteiger partial charge in [0.1, 0.15) is 5.82 Å². The second-order valence-corrected chi connectivity index (χ2v) is 9.20. The maximum absolute atomic E-state index is 14.1. The van der Waals surface area contributed by atoms with Gasteiger partial charge in [-0.1, -0.05) is 18.2 Å². The van der Waals surface area contributed by atoms with Crippen LogP contribution >= 0.6 is 0 Å². The number of hydroxylamine groups is 2. The molecule has 6 nitrogen and oxygen atoms in total. The van der Waals surface area contributed by atoms with Crippen LogP contribution in [0, 0.1) is 11.7 Å². The van der Waals surface area contributed by atoms with Gasteiger partial charge in [0.2, 0.25) is 5.91 Å². The molecular weight excluding hydrogens is 395 g/mol. The SMILES string of the molecule is CN(C)CCN(CC1CCCN(Cc2ccccc2F)C1)C(=O)CCN1CCCCO1. The van der Waals surface area contributed by atoms with E-state index in [-0.39, 0.29) is 11.7 Å². The van der Waals surface area contributed by atoms with Gasteiger partial charge in [-0.25, -0.2) is 4.39 Å². The summed E-state index contributed by atoms with van der Waals surface area (Å²) in [5.74, 6) is 0.507. The minimum atomic E-state index is -0.132. The van der Waals surface area contributed by atoms with Crippen LogP contribution in [0.5, 0.6) is 0 Å². The number of benzene rings is 1. The molecule has 0 bridgehead atoms. The average molecular weight is 435 g/mol. The molecule has 1 aromatic rings. The molecule has 174 valence electrons. The van der Waals surface area contributed by atoms with Crippen molar-refractivity contribution >= 4 is 5.91 Å². The molecule has 2 fully saturated rings. The number of halogens is 1. The van der Waals surface area contributed by atoms with Crippen molar-refractivity contribution in [2.24, 2.45) is 5.92 Å². The van der Waals surface area contributed by atoms with E-state index < -0.39 is 0 Å². The quantitative estimate of drug-likeness (QED) is 0.566. The molecular formula is C24H39FN4O2. The van der Waals surface area contributed by atoms with Crippen molar-refractivity contribution in [3.63, 3.8) is 0 Å². The molecule has 2 heterocycles. The zero-order chi connectivity index (χ0) is 22.1. The van der Waals surface area contributed by atoms with Gasteiger partial charge in [0, 0.05) is 57.8 Å². The van der Waals surface area contributed by atoms with Crippen molar-refractivity contribution < 1.29 is 14.0 Å². The highest BCUT2D eigenvalue weighted by Gasteiger charge is 2.25. The van der Waals surface area contributed by atoms with Gasteiger partial charge >= 0.3 is 0 Å². The Hall–Kier alpha value is -1.54. The number of carbonyl (C=O) groups excluding carboxylic acids is 1. The number of rotatable bonds is 10. The minimum absolute atomic E-state index is 0.132. The standard InChI is InChI=1S/C24H39FN4O2/c1-26(2)15-16-28(24(30)11-14-29-13-5-6-17-31-29)19-21-8-7-12-27(18-21)20-22-9-3-4-10-23(22)25/h3-4,9-10,21H,5-8,11-20H2,1-2H3. The molecule has 0 aromatic heterocycles. The third-order valence-electron chi connectivity index (χ3n) is 6.25. The summed E-state index contributed by atoms with van der Waals surface area (Å²) in [6.07, 6.45) is 4.95. The van der Waals surface area contributed by atoms with Crippen LogP contribution in [-0.4, -0.2) is 92.2 Å². The summed E-state index contributed by atoms with van der Waals surface area (Å²) < 4.78 is 14.1. The van der Waals surface area contributed by atoms with Gasteiger partial charge in [-0.2, -0.15) is 5.06 Å². The van der Waals surface area contributed by atoms with E-state index in [0.29, 0.717) is 25.4 Å². The third kappa shape index (κ3) is 8.15. The lowest BCUT2D eigenvalue weighted by molar-refractivity contribution is -0.182. The number of piperidine rings is 1. The van der Waals surface area contributed by atoms with Crippen LogP contribution in [0.4, 0.5) is 4.39 Å². The fourth-order valence-corrected chi connectivity index (χ4v) is 4.46. The Labute approximate surface area is 186 Å². The lowest BCUT2D eigenvalue weighted by Gasteiger charge is -2.36. The lowest BCUT2D eigenvalue weighted by Crippen LogP contribution is -2.45. The number of amides is 1. The van der Waals surface area contributed by atoms with Crippen LogP contribution in [-0.2, 0) is 16.2 Å². The minimum Gasteiger partial charge on any atom is -0.341 e. The van der Waals surface area contributed by atoms with E-state index >= 15 is 0 Å². The van der Waals surface area contributed by atoms with Crippen LogP contribution in [0.25, 0.3) is 0 Å². The van der Waals surface area contributed by atoms with Crippen LogP contribution in [0.1, 0.15) is 37.7 Å². The molecule has 0 saturated carbocycles. The Kier molecular flexibility index (Phi) is 9.71. The molecule has 7 heteroatoms. The second-order valence-electron chi connectivity index (χ2n) is 9.20. The summed E-state index contributed by atoms with van der Waals surface area (Å²) >= 11 is 0. The van der Waals surface area contributed by atoms with Crippen LogP contribution in [0.15, 0.2) is 24.3 Å². The number of likely N-dealkylation sites (tertiary alicyclic amines) is 1. The van der Waals surface area contributed by atoms with E-state index in [9.17, 15) is 9.18 Å². The van der Waals surface area contributed by atoms with Gasteiger partial charge in [-0.15, -0.1) is 0 Å².